The number of nitrogens with zero attached hydrogens (tertiary/aromatic N) is 1. The maximum atomic E-state index is 12.6. The van der Waals surface area contributed by atoms with Crippen LogP contribution in [-0.2, 0) is 16.1 Å². The number of nitro benzene ring substituents is 1. The fraction of sp³-hybridized carbons (Fsp3) is 0.440. The predicted molar refractivity (Wildman–Crippen MR) is 122 cm³/mol. The Kier molecular flexibility index (Phi) is 10.4. The third kappa shape index (κ3) is 7.80. The van der Waals surface area contributed by atoms with Gasteiger partial charge in [0.25, 0.3) is 5.69 Å². The van der Waals surface area contributed by atoms with Crippen LogP contribution in [0, 0.1) is 17.0 Å². The zero-order valence-electron chi connectivity index (χ0n) is 18.8. The Balaban J connectivity index is 1.87. The van der Waals surface area contributed by atoms with E-state index in [1.54, 1.807) is 37.3 Å². The number of hydrogen-bond donors (Lipinski definition) is 0. The van der Waals surface area contributed by atoms with Crippen LogP contribution in [0.5, 0.6) is 0 Å². The summed E-state index contributed by atoms with van der Waals surface area (Å²) in [6.07, 6.45) is 7.84. The molecule has 2 aromatic rings. The molecule has 0 amide bonds. The molecule has 32 heavy (non-hydrogen) atoms. The Labute approximate surface area is 188 Å². The summed E-state index contributed by atoms with van der Waals surface area (Å²) in [5.74, 6) is -1.20. The SMILES string of the molecule is CCCCCCCCCOC(=O)c1ccccc1C(=O)OCc1ccc([N+](=O)[O-])c(C)c1. The molecule has 0 aliphatic heterocycles. The minimum atomic E-state index is -0.649. The van der Waals surface area contributed by atoms with Gasteiger partial charge in [-0.15, -0.1) is 0 Å². The maximum absolute atomic E-state index is 12.6. The van der Waals surface area contributed by atoms with Gasteiger partial charge < -0.3 is 9.47 Å². The summed E-state index contributed by atoms with van der Waals surface area (Å²) in [6, 6.07) is 10.9. The number of nitro groups is 1. The summed E-state index contributed by atoms with van der Waals surface area (Å²) >= 11 is 0. The van der Waals surface area contributed by atoms with Crippen molar-refractivity contribution in [1.82, 2.24) is 0 Å². The number of hydrogen-bond acceptors (Lipinski definition) is 6. The number of esters is 2. The average Bonchev–Trinajstić information content (AvgIpc) is 2.78. The van der Waals surface area contributed by atoms with E-state index in [-0.39, 0.29) is 23.4 Å². The monoisotopic (exact) mass is 441 g/mol. The fourth-order valence-corrected chi connectivity index (χ4v) is 3.38. The van der Waals surface area contributed by atoms with Gasteiger partial charge in [0.05, 0.1) is 22.7 Å². The molecule has 0 saturated carbocycles. The molecule has 0 unspecified atom stereocenters. The smallest absolute Gasteiger partial charge is 0.339 e. The Morgan fingerprint density at radius 2 is 1.47 bits per heavy atom. The van der Waals surface area contributed by atoms with Crippen molar-refractivity contribution in [3.8, 4) is 0 Å². The number of ether oxygens (including phenoxy) is 2. The highest BCUT2D eigenvalue weighted by molar-refractivity contribution is 6.03. The van der Waals surface area contributed by atoms with Crippen LogP contribution in [0.4, 0.5) is 5.69 Å². The van der Waals surface area contributed by atoms with E-state index in [4.69, 9.17) is 9.47 Å². The minimum absolute atomic E-state index is 0.00845. The van der Waals surface area contributed by atoms with Crippen molar-refractivity contribution in [2.24, 2.45) is 0 Å². The number of carbonyl (C=O) groups excluding carboxylic acids is 2. The second kappa shape index (κ2) is 13.2. The van der Waals surface area contributed by atoms with E-state index in [0.29, 0.717) is 17.7 Å². The van der Waals surface area contributed by atoms with E-state index >= 15 is 0 Å². The molecule has 0 spiro atoms. The molecule has 7 heteroatoms. The highest BCUT2D eigenvalue weighted by atomic mass is 16.6. The molecule has 0 aromatic heterocycles. The number of unbranched alkanes of at least 4 members (excludes halogenated alkanes) is 6. The minimum Gasteiger partial charge on any atom is -0.462 e. The zero-order chi connectivity index (χ0) is 23.3. The molecule has 0 radical (unpaired) electrons. The summed E-state index contributed by atoms with van der Waals surface area (Å²) in [5.41, 5.74) is 1.42. The summed E-state index contributed by atoms with van der Waals surface area (Å²) in [4.78, 5) is 35.5. The second-order valence-corrected chi connectivity index (χ2v) is 7.76. The Morgan fingerprint density at radius 1 is 0.875 bits per heavy atom. The first kappa shape index (κ1) is 25.0. The van der Waals surface area contributed by atoms with Crippen LogP contribution < -0.4 is 0 Å². The molecule has 0 atom stereocenters. The van der Waals surface area contributed by atoms with Gasteiger partial charge in [0.15, 0.2) is 0 Å². The van der Waals surface area contributed by atoms with Gasteiger partial charge in [-0.3, -0.25) is 10.1 Å². The molecule has 0 saturated heterocycles. The van der Waals surface area contributed by atoms with Crippen molar-refractivity contribution in [3.63, 3.8) is 0 Å². The fourth-order valence-electron chi connectivity index (χ4n) is 3.38. The van der Waals surface area contributed by atoms with Crippen LogP contribution in [-0.4, -0.2) is 23.5 Å². The molecule has 2 aromatic carbocycles. The Hall–Kier alpha value is -3.22. The molecular formula is C25H31NO6. The highest BCUT2D eigenvalue weighted by Crippen LogP contribution is 2.20. The third-order valence-corrected chi connectivity index (χ3v) is 5.18. The van der Waals surface area contributed by atoms with Crippen LogP contribution in [0.25, 0.3) is 0 Å². The van der Waals surface area contributed by atoms with E-state index < -0.39 is 16.9 Å². The van der Waals surface area contributed by atoms with Gasteiger partial charge in [-0.2, -0.15) is 0 Å². The van der Waals surface area contributed by atoms with Crippen molar-refractivity contribution in [1.29, 1.82) is 0 Å². The lowest BCUT2D eigenvalue weighted by Crippen LogP contribution is -2.14. The molecule has 0 heterocycles. The molecule has 0 N–H and O–H groups in total. The molecule has 0 aliphatic rings. The van der Waals surface area contributed by atoms with Crippen molar-refractivity contribution >= 4 is 17.6 Å². The van der Waals surface area contributed by atoms with E-state index in [0.717, 1.165) is 19.3 Å². The largest absolute Gasteiger partial charge is 0.462 e. The van der Waals surface area contributed by atoms with Crippen molar-refractivity contribution in [2.45, 2.75) is 65.4 Å². The number of carbonyl (C=O) groups is 2. The normalized spacial score (nSPS) is 10.6. The van der Waals surface area contributed by atoms with Crippen LogP contribution in [0.15, 0.2) is 42.5 Å². The van der Waals surface area contributed by atoms with Crippen LogP contribution in [0.3, 0.4) is 0 Å². The first-order valence-electron chi connectivity index (χ1n) is 11.1. The third-order valence-electron chi connectivity index (χ3n) is 5.18. The quantitative estimate of drug-likeness (QED) is 0.160. The number of benzene rings is 2. The lowest BCUT2D eigenvalue weighted by Gasteiger charge is -2.10. The van der Waals surface area contributed by atoms with Crippen molar-refractivity contribution in [2.75, 3.05) is 6.61 Å². The van der Waals surface area contributed by atoms with Crippen LogP contribution in [0.1, 0.15) is 83.7 Å². The summed E-state index contributed by atoms with van der Waals surface area (Å²) in [5, 5.41) is 10.9. The first-order chi connectivity index (χ1) is 15.4. The Morgan fingerprint density at radius 3 is 2.06 bits per heavy atom. The average molecular weight is 442 g/mol. The standard InChI is InChI=1S/C25H31NO6/c1-3-4-5-6-7-8-11-16-31-24(27)21-12-9-10-13-22(21)25(28)32-18-20-14-15-23(26(29)30)19(2)17-20/h9-10,12-15,17H,3-8,11,16,18H2,1-2H3. The van der Waals surface area contributed by atoms with E-state index in [9.17, 15) is 19.7 Å². The van der Waals surface area contributed by atoms with Crippen molar-refractivity contribution in [3.05, 3.63) is 74.8 Å². The van der Waals surface area contributed by atoms with Gasteiger partial charge in [0.2, 0.25) is 0 Å². The Bertz CT molecular complexity index is 924. The molecular weight excluding hydrogens is 410 g/mol. The van der Waals surface area contributed by atoms with Gasteiger partial charge in [-0.1, -0.05) is 57.6 Å². The van der Waals surface area contributed by atoms with Gasteiger partial charge in [0.1, 0.15) is 6.61 Å². The zero-order valence-corrected chi connectivity index (χ0v) is 18.8. The topological polar surface area (TPSA) is 95.7 Å². The van der Waals surface area contributed by atoms with Gasteiger partial charge in [0, 0.05) is 11.6 Å². The predicted octanol–water partition coefficient (Wildman–Crippen LogP) is 6.17. The van der Waals surface area contributed by atoms with Gasteiger partial charge in [-0.25, -0.2) is 9.59 Å². The number of aryl methyl sites for hydroxylation is 1. The van der Waals surface area contributed by atoms with Crippen LogP contribution in [0.2, 0.25) is 0 Å². The second-order valence-electron chi connectivity index (χ2n) is 7.76. The lowest BCUT2D eigenvalue weighted by molar-refractivity contribution is -0.385. The van der Waals surface area contributed by atoms with Crippen LogP contribution >= 0.6 is 0 Å². The first-order valence-corrected chi connectivity index (χ1v) is 11.1. The van der Waals surface area contributed by atoms with Gasteiger partial charge in [-0.05, 0) is 43.2 Å². The molecule has 172 valence electrons. The van der Waals surface area contributed by atoms with E-state index in [1.165, 1.54) is 37.8 Å². The summed E-state index contributed by atoms with van der Waals surface area (Å²) in [7, 11) is 0. The molecule has 7 nitrogen and oxygen atoms in total. The summed E-state index contributed by atoms with van der Waals surface area (Å²) in [6.45, 7) is 4.07. The van der Waals surface area contributed by atoms with E-state index in [2.05, 4.69) is 6.92 Å². The number of rotatable bonds is 13. The molecule has 0 fully saturated rings. The molecule has 0 bridgehead atoms. The molecule has 2 rings (SSSR count). The lowest BCUT2D eigenvalue weighted by atomic mass is 10.1. The van der Waals surface area contributed by atoms with Gasteiger partial charge >= 0.3 is 11.9 Å². The summed E-state index contributed by atoms with van der Waals surface area (Å²) < 4.78 is 10.7. The molecule has 0 aliphatic carbocycles. The highest BCUT2D eigenvalue weighted by Gasteiger charge is 2.19. The van der Waals surface area contributed by atoms with Crippen molar-refractivity contribution < 1.29 is 24.0 Å². The maximum Gasteiger partial charge on any atom is 0.339 e. The van der Waals surface area contributed by atoms with E-state index in [1.807, 2.05) is 0 Å².